The molecule has 1 unspecified atom stereocenters. The minimum absolute atomic E-state index is 0.302. The number of urea groups is 1. The largest absolute Gasteiger partial charge is 0.334 e. The number of nitrogens with one attached hydrogen (secondary N) is 3. The molecular formula is C26H23ClN3O2S+. The zero-order chi connectivity index (χ0) is 23.0. The fraction of sp³-hybridized carbons (Fsp3) is 0.0385. The Bertz CT molecular complexity index is 1200. The average molecular weight is 477 g/mol. The van der Waals surface area contributed by atoms with Gasteiger partial charge in [0, 0.05) is 22.8 Å². The maximum Gasteiger partial charge on any atom is 0.319 e. The summed E-state index contributed by atoms with van der Waals surface area (Å²) in [5.74, 6) is 0. The van der Waals surface area contributed by atoms with Gasteiger partial charge in [0.25, 0.3) is 0 Å². The second-order valence-corrected chi connectivity index (χ2v) is 8.91. The van der Waals surface area contributed by atoms with Crippen LogP contribution in [0, 0.1) is 0 Å². The Hall–Kier alpha value is -3.45. The molecule has 0 heterocycles. The molecule has 7 heteroatoms. The predicted octanol–water partition coefficient (Wildman–Crippen LogP) is 6.81. The molecule has 166 valence electrons. The van der Waals surface area contributed by atoms with Crippen LogP contribution in [0.25, 0.3) is 11.1 Å². The lowest BCUT2D eigenvalue weighted by Crippen LogP contribution is -2.28. The molecule has 5 nitrogen and oxygen atoms in total. The lowest BCUT2D eigenvalue weighted by atomic mass is 10.1. The molecule has 0 fully saturated rings. The number of halogens is 1. The number of amides is 2. The van der Waals surface area contributed by atoms with E-state index in [1.54, 1.807) is 24.3 Å². The van der Waals surface area contributed by atoms with Gasteiger partial charge in [-0.3, -0.25) is 0 Å². The predicted molar refractivity (Wildman–Crippen MR) is 138 cm³/mol. The number of hydrogen-bond donors (Lipinski definition) is 4. The van der Waals surface area contributed by atoms with Crippen molar-refractivity contribution in [2.45, 2.75) is 11.4 Å². The first-order valence-electron chi connectivity index (χ1n) is 10.3. The Balaban J connectivity index is 1.35. The molecule has 2 amide bonds. The highest BCUT2D eigenvalue weighted by molar-refractivity contribution is 7.93. The van der Waals surface area contributed by atoms with E-state index in [4.69, 9.17) is 11.6 Å². The van der Waals surface area contributed by atoms with Crippen molar-refractivity contribution in [1.29, 1.82) is 0 Å². The lowest BCUT2D eigenvalue weighted by molar-refractivity contribution is 0.251. The van der Waals surface area contributed by atoms with Gasteiger partial charge >= 0.3 is 17.4 Å². The smallest absolute Gasteiger partial charge is 0.319 e. The zero-order valence-corrected chi connectivity index (χ0v) is 19.2. The molecule has 0 aliphatic carbocycles. The second kappa shape index (κ2) is 10.9. The Morgan fingerprint density at radius 2 is 1.42 bits per heavy atom. The van der Waals surface area contributed by atoms with Crippen LogP contribution < -0.4 is 15.4 Å². The van der Waals surface area contributed by atoms with Crippen molar-refractivity contribution in [2.75, 3.05) is 10.0 Å². The van der Waals surface area contributed by atoms with Gasteiger partial charge < -0.3 is 10.6 Å². The van der Waals surface area contributed by atoms with Crippen molar-refractivity contribution in [3.05, 3.63) is 114 Å². The Labute approximate surface area is 201 Å². The molecule has 0 bridgehead atoms. The standard InChI is InChI=1S/C26H22ClN3O2S/c27-21-12-10-19(11-13-21)18-28-26(31)29-22-14-16-23(17-15-22)30-33(32)25-9-5-4-8-24(25)20-6-2-1-3-7-20/h1-17,30,32H,18H2,(H-,28,29,31)/p+1. The maximum absolute atomic E-state index is 12.2. The molecule has 33 heavy (non-hydrogen) atoms. The zero-order valence-electron chi connectivity index (χ0n) is 17.7. The average Bonchev–Trinajstić information content (AvgIpc) is 2.85. The maximum atomic E-state index is 12.2. The van der Waals surface area contributed by atoms with Crippen molar-refractivity contribution in [2.24, 2.45) is 0 Å². The summed E-state index contributed by atoms with van der Waals surface area (Å²) in [4.78, 5) is 13.0. The van der Waals surface area contributed by atoms with Crippen LogP contribution in [0.4, 0.5) is 16.2 Å². The van der Waals surface area contributed by atoms with Crippen LogP contribution in [0.15, 0.2) is 108 Å². The first-order chi connectivity index (χ1) is 16.1. The number of carbonyl (C=O) groups is 1. The van der Waals surface area contributed by atoms with Crippen LogP contribution in [0.1, 0.15) is 5.56 Å². The van der Waals surface area contributed by atoms with Crippen LogP contribution in [-0.4, -0.2) is 10.6 Å². The molecule has 0 saturated carbocycles. The first kappa shape index (κ1) is 22.7. The first-order valence-corrected chi connectivity index (χ1v) is 11.9. The fourth-order valence-corrected chi connectivity index (χ4v) is 4.44. The Kier molecular flexibility index (Phi) is 7.52. The fourth-order valence-electron chi connectivity index (χ4n) is 3.24. The van der Waals surface area contributed by atoms with Crippen molar-refractivity contribution in [1.82, 2.24) is 5.32 Å². The number of carbonyl (C=O) groups excluding carboxylic acids is 1. The van der Waals surface area contributed by atoms with Gasteiger partial charge in [-0.2, -0.15) is 9.27 Å². The van der Waals surface area contributed by atoms with Gasteiger partial charge in [-0.25, -0.2) is 4.79 Å². The van der Waals surface area contributed by atoms with E-state index >= 15 is 0 Å². The van der Waals surface area contributed by atoms with Crippen LogP contribution >= 0.6 is 11.6 Å². The molecule has 4 aromatic carbocycles. The normalized spacial score (nSPS) is 11.5. The number of rotatable bonds is 7. The summed E-state index contributed by atoms with van der Waals surface area (Å²) in [7, 11) is 0. The summed E-state index contributed by atoms with van der Waals surface area (Å²) in [5, 5.41) is 6.27. The van der Waals surface area contributed by atoms with E-state index in [1.165, 1.54) is 0 Å². The van der Waals surface area contributed by atoms with Gasteiger partial charge in [0.1, 0.15) is 0 Å². The number of benzene rings is 4. The van der Waals surface area contributed by atoms with Crippen molar-refractivity contribution >= 4 is 40.4 Å². The van der Waals surface area contributed by atoms with Gasteiger partial charge in [-0.15, -0.1) is 0 Å². The van der Waals surface area contributed by atoms with Crippen LogP contribution in [0.2, 0.25) is 5.02 Å². The van der Waals surface area contributed by atoms with Crippen molar-refractivity contribution < 1.29 is 9.35 Å². The van der Waals surface area contributed by atoms with E-state index in [9.17, 15) is 9.35 Å². The van der Waals surface area contributed by atoms with Gasteiger partial charge in [-0.05, 0) is 59.7 Å². The molecule has 4 N–H and O–H groups in total. The molecule has 0 saturated heterocycles. The van der Waals surface area contributed by atoms with Gasteiger partial charge in [-0.1, -0.05) is 66.2 Å². The van der Waals surface area contributed by atoms with E-state index in [0.29, 0.717) is 17.3 Å². The number of hydrogen-bond acceptors (Lipinski definition) is 3. The molecule has 0 aliphatic heterocycles. The number of anilines is 2. The van der Waals surface area contributed by atoms with Gasteiger partial charge in [0.15, 0.2) is 0 Å². The summed E-state index contributed by atoms with van der Waals surface area (Å²) in [6.45, 7) is 0.400. The van der Waals surface area contributed by atoms with Crippen LogP contribution in [-0.2, 0) is 17.9 Å². The van der Waals surface area contributed by atoms with E-state index in [0.717, 1.165) is 27.3 Å². The molecule has 0 aliphatic rings. The Morgan fingerprint density at radius 3 is 2.15 bits per heavy atom. The third-order valence-electron chi connectivity index (χ3n) is 4.90. The molecule has 4 rings (SSSR count). The summed E-state index contributed by atoms with van der Waals surface area (Å²) < 4.78 is 14.0. The highest BCUT2D eigenvalue weighted by atomic mass is 35.5. The van der Waals surface area contributed by atoms with Crippen LogP contribution in [0.3, 0.4) is 0 Å². The van der Waals surface area contributed by atoms with Crippen LogP contribution in [0.5, 0.6) is 0 Å². The monoisotopic (exact) mass is 476 g/mol. The molecule has 4 aromatic rings. The quantitative estimate of drug-likeness (QED) is 0.221. The van der Waals surface area contributed by atoms with Gasteiger partial charge in [0.05, 0.1) is 5.69 Å². The van der Waals surface area contributed by atoms with Gasteiger partial charge in [0.2, 0.25) is 4.90 Å². The minimum Gasteiger partial charge on any atom is -0.334 e. The van der Waals surface area contributed by atoms with E-state index in [-0.39, 0.29) is 6.03 Å². The highest BCUT2D eigenvalue weighted by Gasteiger charge is 2.25. The molecular weight excluding hydrogens is 454 g/mol. The lowest BCUT2D eigenvalue weighted by Gasteiger charge is -2.10. The minimum atomic E-state index is -1.20. The molecule has 1 atom stereocenters. The molecule has 0 radical (unpaired) electrons. The summed E-state index contributed by atoms with van der Waals surface area (Å²) in [6, 6.07) is 32.0. The summed E-state index contributed by atoms with van der Waals surface area (Å²) in [6.07, 6.45) is 0. The van der Waals surface area contributed by atoms with Crippen molar-refractivity contribution in [3.8, 4) is 11.1 Å². The van der Waals surface area contributed by atoms with E-state index < -0.39 is 11.4 Å². The molecule has 0 aromatic heterocycles. The SMILES string of the molecule is O=C(NCc1ccc(Cl)cc1)Nc1ccc(N[S+](O)c2ccccc2-c2ccccc2)cc1. The third kappa shape index (κ3) is 6.29. The van der Waals surface area contributed by atoms with E-state index in [1.807, 2.05) is 78.9 Å². The van der Waals surface area contributed by atoms with E-state index in [2.05, 4.69) is 15.4 Å². The summed E-state index contributed by atoms with van der Waals surface area (Å²) in [5.41, 5.74) is 4.38. The second-order valence-electron chi connectivity index (χ2n) is 7.26. The highest BCUT2D eigenvalue weighted by Crippen LogP contribution is 2.28. The third-order valence-corrected chi connectivity index (χ3v) is 6.36. The Morgan fingerprint density at radius 1 is 0.788 bits per heavy atom. The summed E-state index contributed by atoms with van der Waals surface area (Å²) >= 11 is 4.68. The topological polar surface area (TPSA) is 73.4 Å². The molecule has 0 spiro atoms. The van der Waals surface area contributed by atoms with Crippen molar-refractivity contribution in [3.63, 3.8) is 0 Å².